The zero-order valence-corrected chi connectivity index (χ0v) is 11.7. The molecule has 0 aromatic heterocycles. The number of carboxylic acids is 1. The molecule has 3 heteroatoms. The average Bonchev–Trinajstić information content (AvgIpc) is 2.25. The monoisotopic (exact) mass is 263 g/mol. The van der Waals surface area contributed by atoms with Crippen LogP contribution in [0.2, 0.25) is 0 Å². The number of hydrogen-bond donors (Lipinski definition) is 1. The van der Waals surface area contributed by atoms with Crippen molar-refractivity contribution in [3.05, 3.63) is 12.7 Å². The maximum atomic E-state index is 11.0. The van der Waals surface area contributed by atoms with Crippen LogP contribution in [0.1, 0.15) is 38.5 Å². The van der Waals surface area contributed by atoms with Crippen LogP contribution in [0, 0.1) is 23.2 Å². The topological polar surface area (TPSA) is 40.5 Å². The predicted molar refractivity (Wildman–Crippen MR) is 74.9 cm³/mol. The van der Waals surface area contributed by atoms with Gasteiger partial charge >= 0.3 is 5.97 Å². The molecule has 106 valence electrons. The summed E-state index contributed by atoms with van der Waals surface area (Å²) in [5.74, 6) is 2.08. The molecule has 19 heavy (non-hydrogen) atoms. The molecule has 0 heterocycles. The Labute approximate surface area is 115 Å². The summed E-state index contributed by atoms with van der Waals surface area (Å²) in [6.07, 6.45) is 10.2. The van der Waals surface area contributed by atoms with Gasteiger partial charge in [0, 0.05) is 13.1 Å². The van der Waals surface area contributed by atoms with Crippen LogP contribution in [0.15, 0.2) is 12.7 Å². The van der Waals surface area contributed by atoms with Gasteiger partial charge in [-0.1, -0.05) is 6.08 Å². The minimum absolute atomic E-state index is 0.160. The van der Waals surface area contributed by atoms with E-state index in [-0.39, 0.29) is 6.54 Å². The average molecular weight is 263 g/mol. The summed E-state index contributed by atoms with van der Waals surface area (Å²) in [4.78, 5) is 13.1. The zero-order chi connectivity index (χ0) is 13.5. The van der Waals surface area contributed by atoms with Gasteiger partial charge in [0.05, 0.1) is 6.54 Å². The van der Waals surface area contributed by atoms with E-state index >= 15 is 0 Å². The predicted octanol–water partition coefficient (Wildman–Crippen LogP) is 2.78. The molecule has 0 amide bonds. The van der Waals surface area contributed by atoms with E-state index in [1.54, 1.807) is 0 Å². The SMILES string of the molecule is C=CCN(CC(=O)O)CC12CC3CC(CC(C3)C1)C2. The quantitative estimate of drug-likeness (QED) is 0.749. The number of carbonyl (C=O) groups is 1. The Hall–Kier alpha value is -0.830. The minimum atomic E-state index is -0.716. The van der Waals surface area contributed by atoms with Crippen LogP contribution in [0.3, 0.4) is 0 Å². The van der Waals surface area contributed by atoms with Crippen molar-refractivity contribution in [1.29, 1.82) is 0 Å². The Morgan fingerprint density at radius 1 is 1.21 bits per heavy atom. The van der Waals surface area contributed by atoms with Crippen molar-refractivity contribution in [2.24, 2.45) is 23.2 Å². The highest BCUT2D eigenvalue weighted by Crippen LogP contribution is 2.60. The van der Waals surface area contributed by atoms with E-state index in [2.05, 4.69) is 11.5 Å². The molecule has 0 aromatic rings. The summed E-state index contributed by atoms with van der Waals surface area (Å²) in [6.45, 7) is 5.60. The van der Waals surface area contributed by atoms with Crippen LogP contribution in [0.4, 0.5) is 0 Å². The molecule has 0 radical (unpaired) electrons. The van der Waals surface area contributed by atoms with E-state index in [0.717, 1.165) is 24.3 Å². The number of hydrogen-bond acceptors (Lipinski definition) is 2. The fourth-order valence-corrected chi connectivity index (χ4v) is 5.52. The third-order valence-corrected chi connectivity index (χ3v) is 5.47. The van der Waals surface area contributed by atoms with Gasteiger partial charge in [0.1, 0.15) is 0 Å². The van der Waals surface area contributed by atoms with Crippen molar-refractivity contribution >= 4 is 5.97 Å². The van der Waals surface area contributed by atoms with E-state index in [4.69, 9.17) is 5.11 Å². The molecule has 4 fully saturated rings. The molecule has 0 spiro atoms. The van der Waals surface area contributed by atoms with Gasteiger partial charge in [-0.3, -0.25) is 9.69 Å². The Balaban J connectivity index is 1.70. The maximum absolute atomic E-state index is 11.0. The first kappa shape index (κ1) is 13.2. The van der Waals surface area contributed by atoms with Gasteiger partial charge in [0.2, 0.25) is 0 Å². The van der Waals surface area contributed by atoms with Crippen LogP contribution in [0.25, 0.3) is 0 Å². The van der Waals surface area contributed by atoms with Gasteiger partial charge in [0.15, 0.2) is 0 Å². The van der Waals surface area contributed by atoms with E-state index in [1.165, 1.54) is 38.5 Å². The number of nitrogens with zero attached hydrogens (tertiary/aromatic N) is 1. The molecule has 0 atom stereocenters. The number of aliphatic carboxylic acids is 1. The third-order valence-electron chi connectivity index (χ3n) is 5.47. The van der Waals surface area contributed by atoms with Gasteiger partial charge in [0.25, 0.3) is 0 Å². The Bertz CT molecular complexity index is 342. The summed E-state index contributed by atoms with van der Waals surface area (Å²) in [6, 6.07) is 0. The molecule has 0 aromatic carbocycles. The fourth-order valence-electron chi connectivity index (χ4n) is 5.52. The molecule has 1 N–H and O–H groups in total. The molecule has 4 rings (SSSR count). The molecule has 4 bridgehead atoms. The summed E-state index contributed by atoms with van der Waals surface area (Å²) in [5, 5.41) is 9.05. The Morgan fingerprint density at radius 3 is 2.16 bits per heavy atom. The molecule has 3 nitrogen and oxygen atoms in total. The first-order valence-corrected chi connectivity index (χ1v) is 7.63. The third kappa shape index (κ3) is 2.71. The second-order valence-corrected chi connectivity index (χ2v) is 7.27. The summed E-state index contributed by atoms with van der Waals surface area (Å²) >= 11 is 0. The van der Waals surface area contributed by atoms with Gasteiger partial charge in [-0.15, -0.1) is 6.58 Å². The van der Waals surface area contributed by atoms with Gasteiger partial charge in [-0.2, -0.15) is 0 Å². The first-order chi connectivity index (χ1) is 9.08. The van der Waals surface area contributed by atoms with Crippen molar-refractivity contribution in [2.45, 2.75) is 38.5 Å². The lowest BCUT2D eigenvalue weighted by Crippen LogP contribution is -2.51. The Kier molecular flexibility index (Phi) is 3.42. The van der Waals surface area contributed by atoms with Gasteiger partial charge < -0.3 is 5.11 Å². The lowest BCUT2D eigenvalue weighted by molar-refractivity contribution is -0.139. The van der Waals surface area contributed by atoms with E-state index in [0.29, 0.717) is 12.0 Å². The maximum Gasteiger partial charge on any atom is 0.317 e. The normalized spacial score (nSPS) is 39.7. The highest BCUT2D eigenvalue weighted by atomic mass is 16.4. The van der Waals surface area contributed by atoms with Crippen molar-refractivity contribution in [3.8, 4) is 0 Å². The molecule has 4 aliphatic rings. The second kappa shape index (κ2) is 4.93. The van der Waals surface area contributed by atoms with Crippen molar-refractivity contribution in [2.75, 3.05) is 19.6 Å². The van der Waals surface area contributed by atoms with Crippen molar-refractivity contribution in [1.82, 2.24) is 4.90 Å². The van der Waals surface area contributed by atoms with Crippen molar-refractivity contribution in [3.63, 3.8) is 0 Å². The van der Waals surface area contributed by atoms with E-state index < -0.39 is 5.97 Å². The first-order valence-electron chi connectivity index (χ1n) is 7.63. The van der Waals surface area contributed by atoms with Crippen LogP contribution < -0.4 is 0 Å². The molecule has 4 aliphatic carbocycles. The number of rotatable bonds is 6. The highest BCUT2D eigenvalue weighted by Gasteiger charge is 2.51. The molecular weight excluding hydrogens is 238 g/mol. The molecule has 0 unspecified atom stereocenters. The number of carboxylic acid groups (broad SMARTS) is 1. The Morgan fingerprint density at radius 2 is 1.74 bits per heavy atom. The highest BCUT2D eigenvalue weighted by molar-refractivity contribution is 5.69. The minimum Gasteiger partial charge on any atom is -0.480 e. The lowest BCUT2D eigenvalue weighted by Gasteiger charge is -2.57. The molecule has 0 saturated heterocycles. The van der Waals surface area contributed by atoms with Crippen LogP contribution >= 0.6 is 0 Å². The van der Waals surface area contributed by atoms with Crippen LogP contribution in [-0.4, -0.2) is 35.6 Å². The summed E-state index contributed by atoms with van der Waals surface area (Å²) < 4.78 is 0. The standard InChI is InChI=1S/C16H25NO2/c1-2-3-17(10-15(18)19)11-16-7-12-4-13(8-16)6-14(5-12)9-16/h2,12-14H,1,3-11H2,(H,18,19). The van der Waals surface area contributed by atoms with Crippen LogP contribution in [0.5, 0.6) is 0 Å². The smallest absolute Gasteiger partial charge is 0.317 e. The van der Waals surface area contributed by atoms with Crippen molar-refractivity contribution < 1.29 is 9.90 Å². The molecular formula is C16H25NO2. The lowest BCUT2D eigenvalue weighted by atomic mass is 9.49. The molecule has 4 saturated carbocycles. The van der Waals surface area contributed by atoms with E-state index in [9.17, 15) is 4.79 Å². The van der Waals surface area contributed by atoms with Crippen LogP contribution in [-0.2, 0) is 4.79 Å². The molecule has 0 aliphatic heterocycles. The summed E-state index contributed by atoms with van der Waals surface area (Å²) in [7, 11) is 0. The largest absolute Gasteiger partial charge is 0.480 e. The van der Waals surface area contributed by atoms with Gasteiger partial charge in [-0.05, 0) is 61.7 Å². The van der Waals surface area contributed by atoms with E-state index in [1.807, 2.05) is 6.08 Å². The van der Waals surface area contributed by atoms with Gasteiger partial charge in [-0.25, -0.2) is 0 Å². The zero-order valence-electron chi connectivity index (χ0n) is 11.7. The fraction of sp³-hybridized carbons (Fsp3) is 0.812. The second-order valence-electron chi connectivity index (χ2n) is 7.27. The summed E-state index contributed by atoms with van der Waals surface area (Å²) in [5.41, 5.74) is 0.424.